The van der Waals surface area contributed by atoms with E-state index >= 15 is 0 Å². The predicted octanol–water partition coefficient (Wildman–Crippen LogP) is -1.34. The number of hydrogen-bond acceptors (Lipinski definition) is 2. The average molecular weight is 282 g/mol. The summed E-state index contributed by atoms with van der Waals surface area (Å²) in [7, 11) is 0. The molecule has 0 aliphatic heterocycles. The van der Waals surface area contributed by atoms with Crippen molar-refractivity contribution in [3.05, 3.63) is 0 Å². The fraction of sp³-hybridized carbons (Fsp3) is 1.00. The Labute approximate surface area is 87.3 Å². The van der Waals surface area contributed by atoms with Gasteiger partial charge >= 0.3 is 87.4 Å². The SMILES string of the molecule is [AsH2]CCNCCCNCC[AsH2]. The van der Waals surface area contributed by atoms with Crippen LogP contribution in [0.1, 0.15) is 6.42 Å². The maximum atomic E-state index is 3.39. The molecule has 0 spiro atoms. The molecule has 4 heteroatoms. The summed E-state index contributed by atoms with van der Waals surface area (Å²) < 4.78 is 0. The van der Waals surface area contributed by atoms with Crippen molar-refractivity contribution in [3.63, 3.8) is 0 Å². The third-order valence-corrected chi connectivity index (χ3v) is 2.56. The molecule has 0 radical (unpaired) electrons. The van der Waals surface area contributed by atoms with Crippen LogP contribution in [0.3, 0.4) is 0 Å². The van der Waals surface area contributed by atoms with Crippen molar-refractivity contribution >= 4 is 33.7 Å². The maximum absolute atomic E-state index is 3.39. The first kappa shape index (κ1) is 12.0. The molecule has 0 aliphatic rings. The molecule has 2 atom stereocenters. The monoisotopic (exact) mass is 282 g/mol. The molecule has 0 aromatic rings. The molecule has 0 aromatic carbocycles. The molecule has 0 bridgehead atoms. The van der Waals surface area contributed by atoms with E-state index in [1.807, 2.05) is 33.7 Å². The summed E-state index contributed by atoms with van der Waals surface area (Å²) >= 11 is 3.62. The molecule has 0 saturated carbocycles. The van der Waals surface area contributed by atoms with Crippen molar-refractivity contribution in [2.24, 2.45) is 0 Å². The van der Waals surface area contributed by atoms with Crippen molar-refractivity contribution in [1.29, 1.82) is 0 Å². The van der Waals surface area contributed by atoms with Crippen LogP contribution in [0.5, 0.6) is 0 Å². The molecular formula is C7H20As2N2. The summed E-state index contributed by atoms with van der Waals surface area (Å²) in [4.78, 5) is 0. The third-order valence-electron chi connectivity index (χ3n) is 1.35. The summed E-state index contributed by atoms with van der Waals surface area (Å²) in [5, 5.41) is 9.39. The van der Waals surface area contributed by atoms with Crippen LogP contribution in [0.15, 0.2) is 0 Å². The normalized spacial score (nSPS) is 10.4. The van der Waals surface area contributed by atoms with E-state index < -0.39 is 0 Å². The Bertz CT molecular complexity index is 63.5. The van der Waals surface area contributed by atoms with Gasteiger partial charge in [0, 0.05) is 0 Å². The first-order valence-corrected chi connectivity index (χ1v) is 7.66. The molecule has 0 amide bonds. The van der Waals surface area contributed by atoms with E-state index in [1.165, 1.54) is 43.0 Å². The van der Waals surface area contributed by atoms with Crippen LogP contribution in [0.4, 0.5) is 0 Å². The van der Waals surface area contributed by atoms with Gasteiger partial charge in [0.1, 0.15) is 0 Å². The van der Waals surface area contributed by atoms with Crippen LogP contribution < -0.4 is 10.6 Å². The van der Waals surface area contributed by atoms with Gasteiger partial charge in [-0.15, -0.1) is 0 Å². The van der Waals surface area contributed by atoms with E-state index in [-0.39, 0.29) is 0 Å². The fourth-order valence-corrected chi connectivity index (χ4v) is 1.65. The average Bonchev–Trinajstić information content (AvgIpc) is 2.03. The van der Waals surface area contributed by atoms with Crippen LogP contribution >= 0.6 is 0 Å². The summed E-state index contributed by atoms with van der Waals surface area (Å²) in [6.07, 6.45) is 1.26. The van der Waals surface area contributed by atoms with Crippen LogP contribution in [0.2, 0.25) is 10.4 Å². The fourth-order valence-electron chi connectivity index (χ4n) is 0.793. The topological polar surface area (TPSA) is 24.1 Å². The first-order chi connectivity index (χ1) is 5.41. The van der Waals surface area contributed by atoms with E-state index in [0.29, 0.717) is 0 Å². The van der Waals surface area contributed by atoms with E-state index in [9.17, 15) is 0 Å². The van der Waals surface area contributed by atoms with Crippen LogP contribution in [0.25, 0.3) is 0 Å². The zero-order chi connectivity index (χ0) is 8.36. The van der Waals surface area contributed by atoms with Gasteiger partial charge < -0.3 is 0 Å². The minimum absolute atomic E-state index is 1.17. The molecule has 2 unspecified atom stereocenters. The Kier molecular flexibility index (Phi) is 12.1. The van der Waals surface area contributed by atoms with Crippen molar-refractivity contribution in [1.82, 2.24) is 10.6 Å². The minimum atomic E-state index is 1.17. The van der Waals surface area contributed by atoms with Gasteiger partial charge in [-0.1, -0.05) is 0 Å². The molecule has 0 rings (SSSR count). The second-order valence-electron chi connectivity index (χ2n) is 2.43. The van der Waals surface area contributed by atoms with Gasteiger partial charge in [0.15, 0.2) is 0 Å². The quantitative estimate of drug-likeness (QED) is 0.425. The van der Waals surface area contributed by atoms with Gasteiger partial charge in [0.25, 0.3) is 0 Å². The molecule has 0 saturated heterocycles. The zero-order valence-corrected chi connectivity index (χ0v) is 11.9. The third kappa shape index (κ3) is 11.0. The summed E-state index contributed by atoms with van der Waals surface area (Å²) in [5.74, 6) is 0. The molecule has 0 aliphatic carbocycles. The molecule has 2 nitrogen and oxygen atoms in total. The Balaban J connectivity index is 2.69. The van der Waals surface area contributed by atoms with Gasteiger partial charge in [-0.2, -0.15) is 0 Å². The second kappa shape index (κ2) is 11.0. The Morgan fingerprint density at radius 1 is 0.727 bits per heavy atom. The van der Waals surface area contributed by atoms with Gasteiger partial charge in [0.05, 0.1) is 0 Å². The molecule has 68 valence electrons. The van der Waals surface area contributed by atoms with Crippen LogP contribution in [-0.4, -0.2) is 59.9 Å². The number of nitrogens with one attached hydrogen (secondary N) is 2. The Morgan fingerprint density at radius 3 is 1.55 bits per heavy atom. The second-order valence-corrected chi connectivity index (χ2v) is 4.85. The molecule has 2 N–H and O–H groups in total. The van der Waals surface area contributed by atoms with Crippen molar-refractivity contribution < 1.29 is 0 Å². The molecule has 0 fully saturated rings. The summed E-state index contributed by atoms with van der Waals surface area (Å²) in [6, 6.07) is 0. The van der Waals surface area contributed by atoms with Gasteiger partial charge in [-0.25, -0.2) is 0 Å². The molecular weight excluding hydrogens is 262 g/mol. The van der Waals surface area contributed by atoms with Gasteiger partial charge in [-0.05, 0) is 0 Å². The van der Waals surface area contributed by atoms with E-state index in [0.717, 1.165) is 0 Å². The predicted molar refractivity (Wildman–Crippen MR) is 57.1 cm³/mol. The zero-order valence-electron chi connectivity index (χ0n) is 7.10. The van der Waals surface area contributed by atoms with E-state index in [1.54, 1.807) is 0 Å². The van der Waals surface area contributed by atoms with Crippen molar-refractivity contribution in [2.75, 3.05) is 26.2 Å². The standard InChI is InChI=1S/C7H20As2N2/c8-2-6-10-4-1-5-11-7-3-9/h10-11H,1-9H2. The number of rotatable bonds is 8. The van der Waals surface area contributed by atoms with Crippen LogP contribution in [-0.2, 0) is 0 Å². The van der Waals surface area contributed by atoms with Crippen LogP contribution in [0, 0.1) is 0 Å². The van der Waals surface area contributed by atoms with E-state index in [4.69, 9.17) is 0 Å². The van der Waals surface area contributed by atoms with Gasteiger partial charge in [-0.3, -0.25) is 0 Å². The van der Waals surface area contributed by atoms with E-state index in [2.05, 4.69) is 10.6 Å². The summed E-state index contributed by atoms with van der Waals surface area (Å²) in [6.45, 7) is 4.73. The number of hydrogen-bond donors (Lipinski definition) is 2. The van der Waals surface area contributed by atoms with Crippen molar-refractivity contribution in [2.45, 2.75) is 16.8 Å². The Morgan fingerprint density at radius 2 is 1.18 bits per heavy atom. The molecule has 0 heterocycles. The molecule has 11 heavy (non-hydrogen) atoms. The Hall–Kier alpha value is 1.04. The first-order valence-electron chi connectivity index (χ1n) is 4.23. The summed E-state index contributed by atoms with van der Waals surface area (Å²) in [5.41, 5.74) is 0. The molecule has 0 aromatic heterocycles. The van der Waals surface area contributed by atoms with Gasteiger partial charge in [0.2, 0.25) is 0 Å². The van der Waals surface area contributed by atoms with Crippen molar-refractivity contribution in [3.8, 4) is 0 Å².